The minimum atomic E-state index is -0.195. The summed E-state index contributed by atoms with van der Waals surface area (Å²) in [4.78, 5) is 11.5. The number of rotatable bonds is 7. The van der Waals surface area contributed by atoms with Gasteiger partial charge in [-0.2, -0.15) is 0 Å². The number of aliphatic hydroxyl groups is 1. The summed E-state index contributed by atoms with van der Waals surface area (Å²) in [5.74, 6) is 0.397. The Morgan fingerprint density at radius 2 is 2.21 bits per heavy atom. The van der Waals surface area contributed by atoms with Crippen LogP contribution in [0.4, 0.5) is 4.79 Å². The maximum atomic E-state index is 11.5. The van der Waals surface area contributed by atoms with Gasteiger partial charge in [-0.1, -0.05) is 18.6 Å². The van der Waals surface area contributed by atoms with Gasteiger partial charge in [0.15, 0.2) is 0 Å². The molecule has 1 aliphatic rings. The van der Waals surface area contributed by atoms with Gasteiger partial charge in [-0.25, -0.2) is 4.79 Å². The number of amides is 2. The fourth-order valence-electron chi connectivity index (χ4n) is 2.23. The molecule has 0 spiro atoms. The highest BCUT2D eigenvalue weighted by molar-refractivity contribution is 5.73. The van der Waals surface area contributed by atoms with E-state index < -0.39 is 0 Å². The molecule has 3 N–H and O–H groups in total. The normalized spacial score (nSPS) is 22.8. The summed E-state index contributed by atoms with van der Waals surface area (Å²) < 4.78 is 5.28. The molecular weight excluding hydrogens is 244 g/mol. The first-order valence-electron chi connectivity index (χ1n) is 7.00. The maximum Gasteiger partial charge on any atom is 0.314 e. The molecule has 0 heterocycles. The molecule has 1 aliphatic carbocycles. The van der Waals surface area contributed by atoms with Gasteiger partial charge in [0, 0.05) is 13.1 Å². The molecular formula is C14H26N2O3. The molecule has 0 aliphatic heterocycles. The van der Waals surface area contributed by atoms with E-state index in [1.54, 1.807) is 0 Å². The van der Waals surface area contributed by atoms with Crippen LogP contribution < -0.4 is 10.6 Å². The Balaban J connectivity index is 2.00. The van der Waals surface area contributed by atoms with Crippen molar-refractivity contribution in [3.05, 3.63) is 12.2 Å². The summed E-state index contributed by atoms with van der Waals surface area (Å²) in [6, 6.07) is -0.168. The Kier molecular flexibility index (Phi) is 7.52. The van der Waals surface area contributed by atoms with E-state index >= 15 is 0 Å². The van der Waals surface area contributed by atoms with E-state index in [-0.39, 0.29) is 12.1 Å². The van der Waals surface area contributed by atoms with Crippen LogP contribution in [-0.4, -0.2) is 43.5 Å². The second kappa shape index (κ2) is 8.93. The predicted octanol–water partition coefficient (Wildman–Crippen LogP) is 1.43. The van der Waals surface area contributed by atoms with Crippen molar-refractivity contribution in [1.29, 1.82) is 0 Å². The zero-order valence-corrected chi connectivity index (χ0v) is 11.8. The fraction of sp³-hybridized carbons (Fsp3) is 0.786. The smallest absolute Gasteiger partial charge is 0.314 e. The third kappa shape index (κ3) is 7.85. The number of nitrogens with one attached hydrogen (secondary N) is 2. The summed E-state index contributed by atoms with van der Waals surface area (Å²) in [7, 11) is 0. The first-order valence-corrected chi connectivity index (χ1v) is 7.00. The second-order valence-corrected chi connectivity index (χ2v) is 5.33. The maximum absolute atomic E-state index is 11.5. The van der Waals surface area contributed by atoms with Crippen molar-refractivity contribution in [3.63, 3.8) is 0 Å². The molecule has 0 bridgehead atoms. The van der Waals surface area contributed by atoms with Crippen LogP contribution in [-0.2, 0) is 4.74 Å². The molecule has 1 fully saturated rings. The highest BCUT2D eigenvalue weighted by atomic mass is 16.5. The van der Waals surface area contributed by atoms with Crippen LogP contribution in [0.15, 0.2) is 12.2 Å². The van der Waals surface area contributed by atoms with Gasteiger partial charge >= 0.3 is 6.03 Å². The Morgan fingerprint density at radius 3 is 2.89 bits per heavy atom. The minimum Gasteiger partial charge on any atom is -0.393 e. The SMILES string of the molecule is C=C(C)COCCNC(=O)NCC1CCCC(O)C1. The van der Waals surface area contributed by atoms with E-state index in [1.807, 2.05) is 6.92 Å². The van der Waals surface area contributed by atoms with Gasteiger partial charge in [-0.15, -0.1) is 0 Å². The number of hydrogen-bond acceptors (Lipinski definition) is 3. The average Bonchev–Trinajstić information content (AvgIpc) is 2.35. The van der Waals surface area contributed by atoms with E-state index in [2.05, 4.69) is 17.2 Å². The third-order valence-electron chi connectivity index (χ3n) is 3.19. The number of aliphatic hydroxyl groups excluding tert-OH is 1. The van der Waals surface area contributed by atoms with E-state index in [9.17, 15) is 9.90 Å². The zero-order valence-electron chi connectivity index (χ0n) is 11.8. The van der Waals surface area contributed by atoms with Crippen LogP contribution >= 0.6 is 0 Å². The molecule has 0 aromatic heterocycles. The summed E-state index contributed by atoms with van der Waals surface area (Å²) >= 11 is 0. The Hall–Kier alpha value is -1.07. The van der Waals surface area contributed by atoms with Crippen LogP contribution in [0, 0.1) is 5.92 Å². The molecule has 19 heavy (non-hydrogen) atoms. The quantitative estimate of drug-likeness (QED) is 0.484. The van der Waals surface area contributed by atoms with Crippen LogP contribution in [0.3, 0.4) is 0 Å². The van der Waals surface area contributed by atoms with Crippen molar-refractivity contribution in [2.45, 2.75) is 38.7 Å². The fourth-order valence-corrected chi connectivity index (χ4v) is 2.23. The first kappa shape index (κ1) is 16.0. The molecule has 2 amide bonds. The molecule has 0 aromatic carbocycles. The van der Waals surface area contributed by atoms with Gasteiger partial charge in [-0.3, -0.25) is 0 Å². The first-order chi connectivity index (χ1) is 9.08. The summed E-state index contributed by atoms with van der Waals surface area (Å²) in [5.41, 5.74) is 0.973. The molecule has 1 rings (SSSR count). The van der Waals surface area contributed by atoms with Gasteiger partial charge in [0.05, 0.1) is 19.3 Å². The van der Waals surface area contributed by atoms with Crippen molar-refractivity contribution in [3.8, 4) is 0 Å². The van der Waals surface area contributed by atoms with E-state index in [0.29, 0.717) is 32.2 Å². The number of carbonyl (C=O) groups excluding carboxylic acids is 1. The van der Waals surface area contributed by atoms with E-state index in [0.717, 1.165) is 31.3 Å². The summed E-state index contributed by atoms with van der Waals surface area (Å²) in [6.07, 6.45) is 3.62. The van der Waals surface area contributed by atoms with Gasteiger partial charge in [0.25, 0.3) is 0 Å². The topological polar surface area (TPSA) is 70.6 Å². The van der Waals surface area contributed by atoms with Crippen LogP contribution in [0.5, 0.6) is 0 Å². The summed E-state index contributed by atoms with van der Waals surface area (Å²) in [5, 5.41) is 15.1. The highest BCUT2D eigenvalue weighted by Crippen LogP contribution is 2.23. The van der Waals surface area contributed by atoms with Gasteiger partial charge in [0.1, 0.15) is 0 Å². The molecule has 0 saturated heterocycles. The van der Waals surface area contributed by atoms with E-state index in [4.69, 9.17) is 4.74 Å². The molecule has 2 unspecified atom stereocenters. The molecule has 5 nitrogen and oxygen atoms in total. The minimum absolute atomic E-state index is 0.168. The Bertz CT molecular complexity index is 294. The molecule has 2 atom stereocenters. The molecule has 0 radical (unpaired) electrons. The highest BCUT2D eigenvalue weighted by Gasteiger charge is 2.20. The van der Waals surface area contributed by atoms with Gasteiger partial charge < -0.3 is 20.5 Å². The van der Waals surface area contributed by atoms with Gasteiger partial charge in [-0.05, 0) is 32.1 Å². The molecule has 1 saturated carbocycles. The third-order valence-corrected chi connectivity index (χ3v) is 3.19. The number of urea groups is 1. The van der Waals surface area contributed by atoms with Crippen molar-refractivity contribution < 1.29 is 14.6 Å². The average molecular weight is 270 g/mol. The lowest BCUT2D eigenvalue weighted by atomic mass is 9.87. The van der Waals surface area contributed by atoms with Crippen molar-refractivity contribution >= 4 is 6.03 Å². The summed E-state index contributed by atoms with van der Waals surface area (Å²) in [6.45, 7) is 7.78. The van der Waals surface area contributed by atoms with Gasteiger partial charge in [0.2, 0.25) is 0 Å². The Labute approximate surface area is 115 Å². The number of carbonyl (C=O) groups is 1. The van der Waals surface area contributed by atoms with Crippen molar-refractivity contribution in [1.82, 2.24) is 10.6 Å². The largest absolute Gasteiger partial charge is 0.393 e. The lowest BCUT2D eigenvalue weighted by Gasteiger charge is -2.25. The lowest BCUT2D eigenvalue weighted by Crippen LogP contribution is -2.40. The van der Waals surface area contributed by atoms with Crippen LogP contribution in [0.25, 0.3) is 0 Å². The van der Waals surface area contributed by atoms with Crippen molar-refractivity contribution in [2.75, 3.05) is 26.3 Å². The number of ether oxygens (including phenoxy) is 1. The Morgan fingerprint density at radius 1 is 1.42 bits per heavy atom. The van der Waals surface area contributed by atoms with Crippen molar-refractivity contribution in [2.24, 2.45) is 5.92 Å². The standard InChI is InChI=1S/C14H26N2O3/c1-11(2)10-19-7-6-15-14(18)16-9-12-4-3-5-13(17)8-12/h12-13,17H,1,3-10H2,2H3,(H2,15,16,18). The second-order valence-electron chi connectivity index (χ2n) is 5.33. The molecule has 5 heteroatoms. The van der Waals surface area contributed by atoms with Crippen LogP contribution in [0.1, 0.15) is 32.6 Å². The predicted molar refractivity (Wildman–Crippen MR) is 75.0 cm³/mol. The number of hydrogen-bond donors (Lipinski definition) is 3. The monoisotopic (exact) mass is 270 g/mol. The molecule has 0 aromatic rings. The zero-order chi connectivity index (χ0) is 14.1. The van der Waals surface area contributed by atoms with Crippen LogP contribution in [0.2, 0.25) is 0 Å². The molecule has 110 valence electrons. The van der Waals surface area contributed by atoms with E-state index in [1.165, 1.54) is 0 Å². The lowest BCUT2D eigenvalue weighted by molar-refractivity contribution is 0.101.